The zero-order chi connectivity index (χ0) is 16.4. The van der Waals surface area contributed by atoms with E-state index in [1.54, 1.807) is 25.1 Å². The molecular weight excluding hydrogens is 295 g/mol. The first-order valence-corrected chi connectivity index (χ1v) is 7.34. The zero-order valence-corrected chi connectivity index (χ0v) is 12.7. The molecule has 3 rings (SSSR count). The van der Waals surface area contributed by atoms with Gasteiger partial charge in [0.1, 0.15) is 17.2 Å². The number of halogens is 1. The smallest absolute Gasteiger partial charge is 0.234 e. The number of benzene rings is 2. The van der Waals surface area contributed by atoms with Crippen LogP contribution in [-0.4, -0.2) is 11.9 Å². The third-order valence-electron chi connectivity index (χ3n) is 3.76. The maximum atomic E-state index is 13.9. The molecule has 0 saturated heterocycles. The lowest BCUT2D eigenvalue weighted by molar-refractivity contribution is -0.119. The third kappa shape index (κ3) is 3.24. The van der Waals surface area contributed by atoms with Crippen molar-refractivity contribution in [2.24, 2.45) is 5.73 Å². The molecule has 0 fully saturated rings. The van der Waals surface area contributed by atoms with E-state index in [4.69, 9.17) is 10.2 Å². The van der Waals surface area contributed by atoms with Crippen LogP contribution in [0.4, 0.5) is 4.39 Å². The summed E-state index contributed by atoms with van der Waals surface area (Å²) in [6.45, 7) is 2.23. The minimum atomic E-state index is -0.399. The molecule has 3 aromatic rings. The van der Waals surface area contributed by atoms with Gasteiger partial charge in [-0.3, -0.25) is 4.79 Å². The number of hydrogen-bond acceptors (Lipinski definition) is 3. The van der Waals surface area contributed by atoms with Crippen LogP contribution in [0, 0.1) is 5.82 Å². The number of nitrogens with one attached hydrogen (secondary N) is 1. The summed E-state index contributed by atoms with van der Waals surface area (Å²) < 4.78 is 19.6. The van der Waals surface area contributed by atoms with Crippen molar-refractivity contribution >= 4 is 16.9 Å². The average molecular weight is 312 g/mol. The van der Waals surface area contributed by atoms with Gasteiger partial charge >= 0.3 is 0 Å². The standard InChI is InChI=1S/C18H17FN2O2/c1-11(18(20)22)21-10-12-6-7-16-13(8-12)9-17(23-16)14-4-2-3-5-15(14)19/h2-9,11,21H,10H2,1H3,(H2,20,22)/t11-/m0/s1. The van der Waals surface area contributed by atoms with Crippen molar-refractivity contribution in [1.82, 2.24) is 5.32 Å². The van der Waals surface area contributed by atoms with E-state index in [0.717, 1.165) is 10.9 Å². The molecule has 118 valence electrons. The van der Waals surface area contributed by atoms with Gasteiger partial charge in [0.2, 0.25) is 5.91 Å². The second-order valence-electron chi connectivity index (χ2n) is 5.47. The monoisotopic (exact) mass is 312 g/mol. The van der Waals surface area contributed by atoms with Crippen LogP contribution in [0.2, 0.25) is 0 Å². The molecule has 5 heteroatoms. The minimum Gasteiger partial charge on any atom is -0.456 e. The topological polar surface area (TPSA) is 68.3 Å². The summed E-state index contributed by atoms with van der Waals surface area (Å²) in [6, 6.07) is 13.6. The number of carbonyl (C=O) groups excluding carboxylic acids is 1. The van der Waals surface area contributed by atoms with Crippen molar-refractivity contribution in [3.8, 4) is 11.3 Å². The first-order chi connectivity index (χ1) is 11.0. The quantitative estimate of drug-likeness (QED) is 0.760. The molecule has 2 aromatic carbocycles. The maximum absolute atomic E-state index is 13.9. The molecule has 0 radical (unpaired) electrons. The predicted molar refractivity (Wildman–Crippen MR) is 87.1 cm³/mol. The van der Waals surface area contributed by atoms with E-state index < -0.39 is 11.9 Å². The molecule has 4 nitrogen and oxygen atoms in total. The molecule has 3 N–H and O–H groups in total. The van der Waals surface area contributed by atoms with Gasteiger partial charge in [0, 0.05) is 11.9 Å². The Morgan fingerprint density at radius 2 is 2.04 bits per heavy atom. The maximum Gasteiger partial charge on any atom is 0.234 e. The summed E-state index contributed by atoms with van der Waals surface area (Å²) in [5, 5.41) is 3.93. The number of carbonyl (C=O) groups is 1. The van der Waals surface area contributed by atoms with Gasteiger partial charge in [-0.15, -0.1) is 0 Å². The van der Waals surface area contributed by atoms with Crippen LogP contribution in [0.5, 0.6) is 0 Å². The van der Waals surface area contributed by atoms with Crippen LogP contribution in [-0.2, 0) is 11.3 Å². The summed E-state index contributed by atoms with van der Waals surface area (Å²) in [6.07, 6.45) is 0. The molecule has 23 heavy (non-hydrogen) atoms. The van der Waals surface area contributed by atoms with E-state index in [2.05, 4.69) is 5.32 Å². The van der Waals surface area contributed by atoms with Gasteiger partial charge in [-0.1, -0.05) is 18.2 Å². The molecule has 0 saturated carbocycles. The van der Waals surface area contributed by atoms with Gasteiger partial charge in [-0.25, -0.2) is 4.39 Å². The number of nitrogens with two attached hydrogens (primary N) is 1. The Labute approximate surface area is 133 Å². The highest BCUT2D eigenvalue weighted by Gasteiger charge is 2.11. The van der Waals surface area contributed by atoms with Crippen LogP contribution in [0.1, 0.15) is 12.5 Å². The molecular formula is C18H17FN2O2. The second kappa shape index (κ2) is 6.22. The second-order valence-corrected chi connectivity index (χ2v) is 5.47. The van der Waals surface area contributed by atoms with Crippen LogP contribution in [0.25, 0.3) is 22.3 Å². The largest absolute Gasteiger partial charge is 0.456 e. The predicted octanol–water partition coefficient (Wildman–Crippen LogP) is 3.20. The van der Waals surface area contributed by atoms with E-state index in [1.165, 1.54) is 6.07 Å². The van der Waals surface area contributed by atoms with Crippen LogP contribution in [0.15, 0.2) is 52.9 Å². The average Bonchev–Trinajstić information content (AvgIpc) is 2.95. The molecule has 0 aliphatic rings. The highest BCUT2D eigenvalue weighted by Crippen LogP contribution is 2.30. The van der Waals surface area contributed by atoms with Crippen molar-refractivity contribution in [3.63, 3.8) is 0 Å². The summed E-state index contributed by atoms with van der Waals surface area (Å²) in [7, 11) is 0. The Kier molecular flexibility index (Phi) is 4.12. The minimum absolute atomic E-state index is 0.316. The lowest BCUT2D eigenvalue weighted by Gasteiger charge is -2.09. The van der Waals surface area contributed by atoms with Gasteiger partial charge in [0.15, 0.2) is 0 Å². The molecule has 0 aliphatic heterocycles. The Bertz CT molecular complexity index is 857. The van der Waals surface area contributed by atoms with Crippen molar-refractivity contribution in [2.45, 2.75) is 19.5 Å². The van der Waals surface area contributed by atoms with Crippen LogP contribution in [0.3, 0.4) is 0 Å². The van der Waals surface area contributed by atoms with Crippen LogP contribution >= 0.6 is 0 Å². The molecule has 0 unspecified atom stereocenters. The van der Waals surface area contributed by atoms with E-state index in [9.17, 15) is 9.18 Å². The van der Waals surface area contributed by atoms with Crippen molar-refractivity contribution in [2.75, 3.05) is 0 Å². The van der Waals surface area contributed by atoms with Gasteiger partial charge in [-0.2, -0.15) is 0 Å². The fourth-order valence-corrected chi connectivity index (χ4v) is 2.37. The lowest BCUT2D eigenvalue weighted by Crippen LogP contribution is -2.38. The normalized spacial score (nSPS) is 12.4. The molecule has 1 heterocycles. The number of primary amides is 1. The molecule has 1 aromatic heterocycles. The summed E-state index contributed by atoms with van der Waals surface area (Å²) >= 11 is 0. The summed E-state index contributed by atoms with van der Waals surface area (Å²) in [4.78, 5) is 11.0. The van der Waals surface area contributed by atoms with E-state index >= 15 is 0 Å². The number of fused-ring (bicyclic) bond motifs is 1. The Morgan fingerprint density at radius 1 is 1.26 bits per heavy atom. The van der Waals surface area contributed by atoms with E-state index in [0.29, 0.717) is 23.5 Å². The number of furan rings is 1. The molecule has 1 atom stereocenters. The highest BCUT2D eigenvalue weighted by atomic mass is 19.1. The van der Waals surface area contributed by atoms with Gasteiger partial charge < -0.3 is 15.5 Å². The van der Waals surface area contributed by atoms with Gasteiger partial charge in [-0.05, 0) is 42.8 Å². The Balaban J connectivity index is 1.86. The van der Waals surface area contributed by atoms with Gasteiger partial charge in [0.05, 0.1) is 11.6 Å². The first kappa shape index (κ1) is 15.2. The molecule has 0 aliphatic carbocycles. The van der Waals surface area contributed by atoms with E-state index in [1.807, 2.05) is 24.3 Å². The first-order valence-electron chi connectivity index (χ1n) is 7.34. The van der Waals surface area contributed by atoms with Crippen molar-refractivity contribution < 1.29 is 13.6 Å². The lowest BCUT2D eigenvalue weighted by atomic mass is 10.1. The van der Waals surface area contributed by atoms with Crippen molar-refractivity contribution in [3.05, 3.63) is 59.9 Å². The van der Waals surface area contributed by atoms with Gasteiger partial charge in [0.25, 0.3) is 0 Å². The fourth-order valence-electron chi connectivity index (χ4n) is 2.37. The summed E-state index contributed by atoms with van der Waals surface area (Å²) in [5.74, 6) is -0.214. The Morgan fingerprint density at radius 3 is 2.78 bits per heavy atom. The highest BCUT2D eigenvalue weighted by molar-refractivity contribution is 5.83. The SMILES string of the molecule is C[C@H](NCc1ccc2oc(-c3ccccc3F)cc2c1)C(N)=O. The zero-order valence-electron chi connectivity index (χ0n) is 12.7. The van der Waals surface area contributed by atoms with Crippen LogP contribution < -0.4 is 11.1 Å². The third-order valence-corrected chi connectivity index (χ3v) is 3.76. The summed E-state index contributed by atoms with van der Waals surface area (Å²) in [5.41, 5.74) is 7.34. The number of hydrogen-bond donors (Lipinski definition) is 2. The Hall–Kier alpha value is -2.66. The molecule has 0 spiro atoms. The molecule has 0 bridgehead atoms. The number of amides is 1. The molecule has 1 amide bonds. The fraction of sp³-hybridized carbons (Fsp3) is 0.167. The van der Waals surface area contributed by atoms with E-state index in [-0.39, 0.29) is 5.82 Å². The van der Waals surface area contributed by atoms with Crippen molar-refractivity contribution in [1.29, 1.82) is 0 Å². The number of rotatable bonds is 5.